The number of hydrogen-bond donors (Lipinski definition) is 1. The van der Waals surface area contributed by atoms with E-state index in [1.807, 2.05) is 49.4 Å². The van der Waals surface area contributed by atoms with Crippen LogP contribution in [0.5, 0.6) is 0 Å². The molecule has 202 valence electrons. The highest BCUT2D eigenvalue weighted by atomic mass is 35.5. The second-order valence-electron chi connectivity index (χ2n) is 8.76. The van der Waals surface area contributed by atoms with E-state index in [2.05, 4.69) is 5.32 Å². The van der Waals surface area contributed by atoms with Crippen LogP contribution in [0.4, 0.5) is 18.9 Å². The number of nitrogens with one attached hydrogen (secondary N) is 1. The lowest BCUT2D eigenvalue weighted by Crippen LogP contribution is -2.42. The highest BCUT2D eigenvalue weighted by Gasteiger charge is 2.35. The summed E-state index contributed by atoms with van der Waals surface area (Å²) in [6.45, 7) is 1.07. The number of nitrogens with zero attached hydrogens (tertiary/aromatic N) is 1. The SMILES string of the molecule is Cc1ccccc1[C@H](NC(=O)CN(c1cc(C(F)(F)F)ccc1Cl)S(=O)(=O)c1ccccc1)c1ccccc1. The van der Waals surface area contributed by atoms with E-state index in [0.29, 0.717) is 10.4 Å². The van der Waals surface area contributed by atoms with Crippen LogP contribution in [-0.4, -0.2) is 20.9 Å². The number of hydrogen-bond acceptors (Lipinski definition) is 3. The van der Waals surface area contributed by atoms with Crippen molar-refractivity contribution >= 4 is 33.2 Å². The van der Waals surface area contributed by atoms with Gasteiger partial charge in [0.15, 0.2) is 0 Å². The van der Waals surface area contributed by atoms with E-state index in [1.54, 1.807) is 18.2 Å². The summed E-state index contributed by atoms with van der Waals surface area (Å²) in [5.41, 5.74) is 0.859. The molecule has 0 aromatic heterocycles. The summed E-state index contributed by atoms with van der Waals surface area (Å²) in [4.78, 5) is 13.3. The lowest BCUT2D eigenvalue weighted by atomic mass is 9.95. The molecule has 1 amide bonds. The van der Waals surface area contributed by atoms with Crippen LogP contribution in [-0.2, 0) is 21.0 Å². The van der Waals surface area contributed by atoms with Crippen LogP contribution in [0.3, 0.4) is 0 Å². The molecule has 0 heterocycles. The number of aryl methyl sites for hydroxylation is 1. The van der Waals surface area contributed by atoms with E-state index in [9.17, 15) is 26.4 Å². The van der Waals surface area contributed by atoms with Crippen molar-refractivity contribution in [2.75, 3.05) is 10.8 Å². The Labute approximate surface area is 229 Å². The molecular weight excluding hydrogens is 549 g/mol. The molecule has 4 aromatic rings. The van der Waals surface area contributed by atoms with Gasteiger partial charge in [0.2, 0.25) is 5.91 Å². The summed E-state index contributed by atoms with van der Waals surface area (Å²) >= 11 is 6.23. The Kier molecular flexibility index (Phi) is 8.32. The van der Waals surface area contributed by atoms with Crippen molar-refractivity contribution in [3.8, 4) is 0 Å². The molecule has 4 aromatic carbocycles. The minimum atomic E-state index is -4.76. The Morgan fingerprint density at radius 3 is 2.10 bits per heavy atom. The smallest absolute Gasteiger partial charge is 0.344 e. The summed E-state index contributed by atoms with van der Waals surface area (Å²) in [5.74, 6) is -0.736. The van der Waals surface area contributed by atoms with Gasteiger partial charge in [0, 0.05) is 0 Å². The predicted molar refractivity (Wildman–Crippen MR) is 145 cm³/mol. The van der Waals surface area contributed by atoms with Gasteiger partial charge < -0.3 is 5.32 Å². The zero-order valence-corrected chi connectivity index (χ0v) is 22.3. The fraction of sp³-hybridized carbons (Fsp3) is 0.138. The first-order chi connectivity index (χ1) is 18.5. The van der Waals surface area contributed by atoms with Crippen LogP contribution in [0.15, 0.2) is 108 Å². The molecule has 0 spiro atoms. The number of halogens is 4. The number of alkyl halides is 3. The van der Waals surface area contributed by atoms with E-state index >= 15 is 0 Å². The van der Waals surface area contributed by atoms with Crippen LogP contribution >= 0.6 is 11.6 Å². The monoisotopic (exact) mass is 572 g/mol. The maximum atomic E-state index is 13.7. The van der Waals surface area contributed by atoms with Gasteiger partial charge in [0.1, 0.15) is 6.54 Å². The van der Waals surface area contributed by atoms with Crippen molar-refractivity contribution in [3.63, 3.8) is 0 Å². The van der Waals surface area contributed by atoms with E-state index in [1.165, 1.54) is 24.3 Å². The van der Waals surface area contributed by atoms with Crippen LogP contribution in [0.2, 0.25) is 5.02 Å². The number of rotatable bonds is 8. The molecule has 0 unspecified atom stereocenters. The van der Waals surface area contributed by atoms with Crippen molar-refractivity contribution < 1.29 is 26.4 Å². The van der Waals surface area contributed by atoms with Gasteiger partial charge in [-0.3, -0.25) is 9.10 Å². The van der Waals surface area contributed by atoms with Gasteiger partial charge in [0.25, 0.3) is 10.0 Å². The quantitative estimate of drug-likeness (QED) is 0.253. The van der Waals surface area contributed by atoms with Crippen molar-refractivity contribution in [1.29, 1.82) is 0 Å². The molecule has 10 heteroatoms. The van der Waals surface area contributed by atoms with Gasteiger partial charge >= 0.3 is 6.18 Å². The Balaban J connectivity index is 1.77. The second-order valence-corrected chi connectivity index (χ2v) is 11.0. The zero-order valence-electron chi connectivity index (χ0n) is 20.7. The second kappa shape index (κ2) is 11.5. The molecule has 39 heavy (non-hydrogen) atoms. The van der Waals surface area contributed by atoms with E-state index in [-0.39, 0.29) is 9.92 Å². The maximum absolute atomic E-state index is 13.7. The Hall–Kier alpha value is -3.82. The summed E-state index contributed by atoms with van der Waals surface area (Å²) in [7, 11) is -4.49. The molecule has 4 rings (SSSR count). The highest BCUT2D eigenvalue weighted by molar-refractivity contribution is 7.92. The predicted octanol–water partition coefficient (Wildman–Crippen LogP) is 6.77. The first-order valence-corrected chi connectivity index (χ1v) is 13.6. The topological polar surface area (TPSA) is 66.5 Å². The van der Waals surface area contributed by atoms with E-state index < -0.39 is 45.9 Å². The largest absolute Gasteiger partial charge is 0.416 e. The zero-order chi connectivity index (χ0) is 28.2. The van der Waals surface area contributed by atoms with Gasteiger partial charge in [-0.15, -0.1) is 0 Å². The third kappa shape index (κ3) is 6.43. The molecule has 0 aliphatic heterocycles. The molecule has 1 N–H and O–H groups in total. The summed E-state index contributed by atoms with van der Waals surface area (Å²) in [6, 6.07) is 25.3. The first-order valence-electron chi connectivity index (χ1n) is 11.8. The number of benzene rings is 4. The van der Waals surface area contributed by atoms with Crippen molar-refractivity contribution in [2.24, 2.45) is 0 Å². The third-order valence-electron chi connectivity index (χ3n) is 6.10. The van der Waals surface area contributed by atoms with Gasteiger partial charge in [-0.2, -0.15) is 13.2 Å². The first kappa shape index (κ1) is 28.2. The van der Waals surface area contributed by atoms with Gasteiger partial charge in [-0.05, 0) is 53.9 Å². The van der Waals surface area contributed by atoms with E-state index in [0.717, 1.165) is 28.8 Å². The van der Waals surface area contributed by atoms with Gasteiger partial charge in [0.05, 0.1) is 27.2 Å². The number of carbonyl (C=O) groups excluding carboxylic acids is 1. The molecular formula is C29H24ClF3N2O3S. The maximum Gasteiger partial charge on any atom is 0.416 e. The summed E-state index contributed by atoms with van der Waals surface area (Å²) in [5, 5.41) is 2.61. The molecule has 0 aliphatic rings. The summed E-state index contributed by atoms with van der Waals surface area (Å²) in [6.07, 6.45) is -4.76. The molecule has 0 aliphatic carbocycles. The average Bonchev–Trinajstić information content (AvgIpc) is 2.91. The number of amides is 1. The van der Waals surface area contributed by atoms with Crippen LogP contribution in [0.1, 0.15) is 28.3 Å². The van der Waals surface area contributed by atoms with Crippen LogP contribution in [0, 0.1) is 6.92 Å². The van der Waals surface area contributed by atoms with E-state index in [4.69, 9.17) is 11.6 Å². The number of carbonyl (C=O) groups is 1. The fourth-order valence-electron chi connectivity index (χ4n) is 4.13. The standard InChI is InChI=1S/C29H24ClF3N2O3S/c1-20-10-8-9-15-24(20)28(21-11-4-2-5-12-21)34-27(36)19-35(39(37,38)23-13-6-3-7-14-23)26-18-22(29(31,32)33)16-17-25(26)30/h2-18,28H,19H2,1H3,(H,34,36)/t28-/m1/s1. The van der Waals surface area contributed by atoms with Crippen LogP contribution < -0.4 is 9.62 Å². The van der Waals surface area contributed by atoms with Crippen molar-refractivity contribution in [3.05, 3.63) is 130 Å². The highest BCUT2D eigenvalue weighted by Crippen LogP contribution is 2.37. The molecule has 0 fully saturated rings. The number of anilines is 1. The molecule has 0 saturated carbocycles. The van der Waals surface area contributed by atoms with Crippen LogP contribution in [0.25, 0.3) is 0 Å². The molecule has 1 atom stereocenters. The lowest BCUT2D eigenvalue weighted by molar-refractivity contribution is -0.137. The lowest BCUT2D eigenvalue weighted by Gasteiger charge is -2.27. The molecule has 5 nitrogen and oxygen atoms in total. The normalized spacial score (nSPS) is 12.5. The third-order valence-corrected chi connectivity index (χ3v) is 8.19. The Morgan fingerprint density at radius 1 is 0.897 bits per heavy atom. The Bertz CT molecular complexity index is 1560. The fourth-order valence-corrected chi connectivity index (χ4v) is 5.86. The summed E-state index contributed by atoms with van der Waals surface area (Å²) < 4.78 is 68.6. The van der Waals surface area contributed by atoms with Gasteiger partial charge in [-0.1, -0.05) is 84.4 Å². The Morgan fingerprint density at radius 2 is 1.49 bits per heavy atom. The molecule has 0 bridgehead atoms. The minimum absolute atomic E-state index is 0.204. The molecule has 0 saturated heterocycles. The van der Waals surface area contributed by atoms with Crippen molar-refractivity contribution in [1.82, 2.24) is 5.32 Å². The minimum Gasteiger partial charge on any atom is -0.344 e. The average molecular weight is 573 g/mol. The molecule has 0 radical (unpaired) electrons. The van der Waals surface area contributed by atoms with Gasteiger partial charge in [-0.25, -0.2) is 8.42 Å². The number of sulfonamides is 1. The van der Waals surface area contributed by atoms with Crippen molar-refractivity contribution in [2.45, 2.75) is 24.0 Å².